The van der Waals surface area contributed by atoms with E-state index in [2.05, 4.69) is 4.98 Å². The van der Waals surface area contributed by atoms with Crippen molar-refractivity contribution in [2.45, 2.75) is 24.8 Å². The van der Waals surface area contributed by atoms with Crippen LogP contribution in [0.1, 0.15) is 18.4 Å². The van der Waals surface area contributed by atoms with Crippen LogP contribution in [-0.2, 0) is 6.42 Å². The van der Waals surface area contributed by atoms with Gasteiger partial charge in [-0.15, -0.1) is 0 Å². The molecule has 1 heterocycles. The van der Waals surface area contributed by atoms with Crippen molar-refractivity contribution in [3.63, 3.8) is 0 Å². The van der Waals surface area contributed by atoms with Gasteiger partial charge in [0.05, 0.1) is 0 Å². The van der Waals surface area contributed by atoms with E-state index in [-0.39, 0.29) is 15.8 Å². The van der Waals surface area contributed by atoms with Crippen molar-refractivity contribution >= 4 is 23.2 Å². The van der Waals surface area contributed by atoms with Crippen LogP contribution in [0.25, 0.3) is 0 Å². The normalized spacial score (nSPS) is 18.3. The average molecular weight is 235 g/mol. The fourth-order valence-corrected chi connectivity index (χ4v) is 1.71. The Morgan fingerprint density at radius 3 is 2.64 bits per heavy atom. The Kier molecular flexibility index (Phi) is 2.41. The highest BCUT2D eigenvalue weighted by Crippen LogP contribution is 2.37. The molecule has 0 radical (unpaired) electrons. The lowest BCUT2D eigenvalue weighted by Gasteiger charge is -2.09. The Hall–Kier alpha value is -0.380. The third kappa shape index (κ3) is 2.00. The maximum Gasteiger partial charge on any atom is 0.166 e. The Morgan fingerprint density at radius 1 is 1.43 bits per heavy atom. The summed E-state index contributed by atoms with van der Waals surface area (Å²) in [5.41, 5.74) is 6.32. The molecule has 1 aromatic rings. The number of aromatic nitrogens is 1. The minimum Gasteiger partial charge on any atom is -0.325 e. The molecule has 1 fully saturated rings. The van der Waals surface area contributed by atoms with E-state index in [1.807, 2.05) is 0 Å². The number of nitrogens with two attached hydrogens (primary N) is 1. The van der Waals surface area contributed by atoms with Crippen molar-refractivity contribution in [1.82, 2.24) is 4.98 Å². The Labute approximate surface area is 91.2 Å². The third-order valence-corrected chi connectivity index (χ3v) is 2.99. The number of rotatable bonds is 2. The molecule has 0 amide bonds. The lowest BCUT2D eigenvalue weighted by Crippen LogP contribution is -2.24. The lowest BCUT2D eigenvalue weighted by molar-refractivity contribution is 0.611. The number of nitrogens with zero attached hydrogens (tertiary/aromatic N) is 1. The van der Waals surface area contributed by atoms with Crippen molar-refractivity contribution in [3.05, 3.63) is 27.8 Å². The molecule has 76 valence electrons. The molecule has 2 rings (SSSR count). The summed E-state index contributed by atoms with van der Waals surface area (Å²) in [6, 6.07) is 1.31. The van der Waals surface area contributed by atoms with E-state index in [0.29, 0.717) is 12.0 Å². The number of hydrogen-bond donors (Lipinski definition) is 1. The maximum atomic E-state index is 13.1. The first-order chi connectivity index (χ1) is 6.50. The molecule has 0 unspecified atom stereocenters. The van der Waals surface area contributed by atoms with Crippen LogP contribution in [0, 0.1) is 5.82 Å². The van der Waals surface area contributed by atoms with E-state index in [4.69, 9.17) is 28.9 Å². The highest BCUT2D eigenvalue weighted by Gasteiger charge is 2.38. The van der Waals surface area contributed by atoms with Crippen molar-refractivity contribution in [1.29, 1.82) is 0 Å². The van der Waals surface area contributed by atoms with Gasteiger partial charge in [-0.2, -0.15) is 0 Å². The van der Waals surface area contributed by atoms with E-state index in [1.54, 1.807) is 0 Å². The summed E-state index contributed by atoms with van der Waals surface area (Å²) in [5, 5.41) is 0.0498. The first kappa shape index (κ1) is 10.1. The predicted molar refractivity (Wildman–Crippen MR) is 54.1 cm³/mol. The number of hydrogen-bond acceptors (Lipinski definition) is 2. The Bertz CT molecular complexity index is 377. The van der Waals surface area contributed by atoms with Crippen molar-refractivity contribution in [3.8, 4) is 0 Å². The molecule has 0 saturated heterocycles. The van der Waals surface area contributed by atoms with Crippen LogP contribution in [-0.4, -0.2) is 10.5 Å². The highest BCUT2D eigenvalue weighted by molar-refractivity contribution is 6.32. The van der Waals surface area contributed by atoms with Gasteiger partial charge < -0.3 is 5.73 Å². The molecule has 0 atom stereocenters. The van der Waals surface area contributed by atoms with E-state index < -0.39 is 5.82 Å². The van der Waals surface area contributed by atoms with Gasteiger partial charge in [0, 0.05) is 5.54 Å². The van der Waals surface area contributed by atoms with E-state index >= 15 is 0 Å². The fraction of sp³-hybridized carbons (Fsp3) is 0.444. The zero-order valence-electron chi connectivity index (χ0n) is 7.36. The Morgan fingerprint density at radius 2 is 2.07 bits per heavy atom. The second-order valence-corrected chi connectivity index (χ2v) is 4.47. The van der Waals surface area contributed by atoms with Crippen LogP contribution >= 0.6 is 23.2 Å². The van der Waals surface area contributed by atoms with Gasteiger partial charge in [0.15, 0.2) is 11.0 Å². The zero-order chi connectivity index (χ0) is 10.3. The largest absolute Gasteiger partial charge is 0.325 e. The smallest absolute Gasteiger partial charge is 0.166 e. The molecule has 0 aliphatic heterocycles. The molecule has 1 aliphatic rings. The number of pyridine rings is 1. The van der Waals surface area contributed by atoms with Gasteiger partial charge in [-0.05, 0) is 30.9 Å². The minimum absolute atomic E-state index is 0.194. The molecule has 5 heteroatoms. The molecular formula is C9H9Cl2FN2. The van der Waals surface area contributed by atoms with Gasteiger partial charge in [0.25, 0.3) is 0 Å². The van der Waals surface area contributed by atoms with Crippen molar-refractivity contribution < 1.29 is 4.39 Å². The predicted octanol–water partition coefficient (Wildman–Crippen LogP) is 2.56. The van der Waals surface area contributed by atoms with Gasteiger partial charge in [0.1, 0.15) is 5.15 Å². The van der Waals surface area contributed by atoms with E-state index in [0.717, 1.165) is 12.8 Å². The molecule has 2 nitrogen and oxygen atoms in total. The standard InChI is InChI=1S/C9H9Cl2FN2/c10-7-5(4-9(13)1-2-9)3-6(12)8(11)14-7/h3H,1-2,4,13H2. The minimum atomic E-state index is -0.546. The van der Waals surface area contributed by atoms with Gasteiger partial charge in [-0.3, -0.25) is 0 Å². The van der Waals surface area contributed by atoms with E-state index in [1.165, 1.54) is 6.07 Å². The van der Waals surface area contributed by atoms with Gasteiger partial charge in [-0.25, -0.2) is 9.37 Å². The molecule has 0 aromatic carbocycles. The second kappa shape index (κ2) is 3.33. The van der Waals surface area contributed by atoms with Gasteiger partial charge in [-0.1, -0.05) is 23.2 Å². The fourth-order valence-electron chi connectivity index (χ4n) is 1.32. The van der Waals surface area contributed by atoms with Crippen molar-refractivity contribution in [2.75, 3.05) is 0 Å². The highest BCUT2D eigenvalue weighted by atomic mass is 35.5. The van der Waals surface area contributed by atoms with Crippen LogP contribution in [0.4, 0.5) is 4.39 Å². The maximum absolute atomic E-state index is 13.1. The molecular weight excluding hydrogens is 226 g/mol. The summed E-state index contributed by atoms with van der Waals surface area (Å²) in [4.78, 5) is 3.69. The summed E-state index contributed by atoms with van der Waals surface area (Å²) in [7, 11) is 0. The molecule has 0 bridgehead atoms. The zero-order valence-corrected chi connectivity index (χ0v) is 8.87. The SMILES string of the molecule is NC1(Cc2cc(F)c(Cl)nc2Cl)CC1. The lowest BCUT2D eigenvalue weighted by atomic mass is 10.1. The second-order valence-electron chi connectivity index (χ2n) is 3.75. The quantitative estimate of drug-likeness (QED) is 0.800. The molecule has 14 heavy (non-hydrogen) atoms. The summed E-state index contributed by atoms with van der Waals surface area (Å²) >= 11 is 11.3. The summed E-state index contributed by atoms with van der Waals surface area (Å²) < 4.78 is 13.1. The van der Waals surface area contributed by atoms with Crippen LogP contribution in [0.3, 0.4) is 0 Å². The first-order valence-corrected chi connectivity index (χ1v) is 5.05. The van der Waals surface area contributed by atoms with Crippen LogP contribution in [0.15, 0.2) is 6.07 Å². The van der Waals surface area contributed by atoms with Crippen LogP contribution < -0.4 is 5.73 Å². The summed E-state index contributed by atoms with van der Waals surface area (Å²) in [5.74, 6) is -0.546. The topological polar surface area (TPSA) is 38.9 Å². The van der Waals surface area contributed by atoms with Crippen molar-refractivity contribution in [2.24, 2.45) is 5.73 Å². The van der Waals surface area contributed by atoms with Gasteiger partial charge in [0.2, 0.25) is 0 Å². The molecule has 1 aromatic heterocycles. The Balaban J connectivity index is 2.29. The number of halogens is 3. The third-order valence-electron chi connectivity index (χ3n) is 2.39. The molecule has 1 aliphatic carbocycles. The molecule has 2 N–H and O–H groups in total. The van der Waals surface area contributed by atoms with Crippen LogP contribution in [0.2, 0.25) is 10.3 Å². The summed E-state index contributed by atoms with van der Waals surface area (Å²) in [6.45, 7) is 0. The van der Waals surface area contributed by atoms with Crippen LogP contribution in [0.5, 0.6) is 0 Å². The molecule has 1 saturated carbocycles. The monoisotopic (exact) mass is 234 g/mol. The van der Waals surface area contributed by atoms with Gasteiger partial charge >= 0.3 is 0 Å². The average Bonchev–Trinajstić information content (AvgIpc) is 2.80. The first-order valence-electron chi connectivity index (χ1n) is 4.29. The summed E-state index contributed by atoms with van der Waals surface area (Å²) in [6.07, 6.45) is 2.47. The van der Waals surface area contributed by atoms with E-state index in [9.17, 15) is 4.39 Å². The molecule has 0 spiro atoms.